The minimum atomic E-state index is -0.363. The number of primary amides is 1. The van der Waals surface area contributed by atoms with E-state index in [4.69, 9.17) is 10.5 Å². The third kappa shape index (κ3) is 2.23. The molecule has 0 aromatic heterocycles. The van der Waals surface area contributed by atoms with Crippen LogP contribution in [0.5, 0.6) is 0 Å². The lowest BCUT2D eigenvalue weighted by Crippen LogP contribution is -2.21. The molecule has 2 N–H and O–H groups in total. The van der Waals surface area contributed by atoms with Crippen molar-refractivity contribution in [1.29, 1.82) is 0 Å². The van der Waals surface area contributed by atoms with E-state index in [2.05, 4.69) is 4.90 Å². The van der Waals surface area contributed by atoms with Crippen LogP contribution in [0.1, 0.15) is 21.5 Å². The lowest BCUT2D eigenvalue weighted by molar-refractivity contribution is 0.1000. The highest BCUT2D eigenvalue weighted by Crippen LogP contribution is 2.23. The van der Waals surface area contributed by atoms with Crippen LogP contribution in [-0.2, 0) is 17.8 Å². The minimum absolute atomic E-state index is 0.363. The predicted octanol–water partition coefficient (Wildman–Crippen LogP) is 0.748. The number of ether oxygens (including phenoxy) is 1. The largest absolute Gasteiger partial charge is 0.383 e. The molecule has 1 aromatic rings. The van der Waals surface area contributed by atoms with Gasteiger partial charge in [0.05, 0.1) is 6.61 Å². The van der Waals surface area contributed by atoms with Crippen molar-refractivity contribution in [3.8, 4) is 0 Å². The Morgan fingerprint density at radius 3 is 2.88 bits per heavy atom. The number of carbonyl (C=O) groups is 1. The van der Waals surface area contributed by atoms with Gasteiger partial charge in [0.25, 0.3) is 0 Å². The van der Waals surface area contributed by atoms with E-state index in [1.165, 1.54) is 11.1 Å². The van der Waals surface area contributed by atoms with Gasteiger partial charge in [-0.15, -0.1) is 0 Å². The molecule has 16 heavy (non-hydrogen) atoms. The van der Waals surface area contributed by atoms with Gasteiger partial charge in [-0.1, -0.05) is 6.07 Å². The van der Waals surface area contributed by atoms with E-state index in [9.17, 15) is 4.79 Å². The highest BCUT2D eigenvalue weighted by Gasteiger charge is 2.19. The van der Waals surface area contributed by atoms with Gasteiger partial charge in [-0.05, 0) is 23.3 Å². The van der Waals surface area contributed by atoms with Crippen molar-refractivity contribution in [3.63, 3.8) is 0 Å². The number of methoxy groups -OCH3 is 1. The predicted molar refractivity (Wildman–Crippen MR) is 60.9 cm³/mol. The number of benzene rings is 1. The first-order valence-electron chi connectivity index (χ1n) is 5.33. The van der Waals surface area contributed by atoms with E-state index >= 15 is 0 Å². The van der Waals surface area contributed by atoms with Crippen molar-refractivity contribution < 1.29 is 9.53 Å². The molecule has 0 bridgehead atoms. The summed E-state index contributed by atoms with van der Waals surface area (Å²) in [5.74, 6) is -0.363. The SMILES string of the molecule is COCCN1Cc2ccc(C(N)=O)cc2C1. The molecule has 0 fully saturated rings. The molecule has 0 aliphatic carbocycles. The van der Waals surface area contributed by atoms with Crippen molar-refractivity contribution in [3.05, 3.63) is 34.9 Å². The lowest BCUT2D eigenvalue weighted by Gasteiger charge is -2.13. The Bertz CT molecular complexity index is 404. The Labute approximate surface area is 95.0 Å². The molecule has 0 saturated heterocycles. The van der Waals surface area contributed by atoms with Crippen LogP contribution in [0, 0.1) is 0 Å². The number of hydrogen-bond donors (Lipinski definition) is 1. The van der Waals surface area contributed by atoms with Crippen molar-refractivity contribution >= 4 is 5.91 Å². The molecule has 2 rings (SSSR count). The third-order valence-electron chi connectivity index (χ3n) is 2.89. The maximum atomic E-state index is 11.0. The number of amides is 1. The molecule has 4 heteroatoms. The van der Waals surface area contributed by atoms with Crippen molar-refractivity contribution in [2.75, 3.05) is 20.3 Å². The Morgan fingerprint density at radius 1 is 1.44 bits per heavy atom. The third-order valence-corrected chi connectivity index (χ3v) is 2.89. The highest BCUT2D eigenvalue weighted by atomic mass is 16.5. The normalized spacial score (nSPS) is 15.1. The quantitative estimate of drug-likeness (QED) is 0.814. The first kappa shape index (κ1) is 11.1. The van der Waals surface area contributed by atoms with E-state index in [0.717, 1.165) is 26.2 Å². The molecular weight excluding hydrogens is 204 g/mol. The van der Waals surface area contributed by atoms with Gasteiger partial charge in [-0.2, -0.15) is 0 Å². The number of carbonyl (C=O) groups excluding carboxylic acids is 1. The van der Waals surface area contributed by atoms with Crippen LogP contribution >= 0.6 is 0 Å². The summed E-state index contributed by atoms with van der Waals surface area (Å²) in [6.07, 6.45) is 0. The van der Waals surface area contributed by atoms with Gasteiger partial charge in [0, 0.05) is 32.3 Å². The lowest BCUT2D eigenvalue weighted by atomic mass is 10.1. The standard InChI is InChI=1S/C12H16N2O2/c1-16-5-4-14-7-10-3-2-9(12(13)15)6-11(10)8-14/h2-3,6H,4-5,7-8H2,1H3,(H2,13,15). The zero-order valence-corrected chi connectivity index (χ0v) is 9.40. The summed E-state index contributed by atoms with van der Waals surface area (Å²) in [4.78, 5) is 13.3. The van der Waals surface area contributed by atoms with Crippen molar-refractivity contribution in [1.82, 2.24) is 4.90 Å². The molecule has 0 radical (unpaired) electrons. The van der Waals surface area contributed by atoms with Gasteiger partial charge in [-0.25, -0.2) is 0 Å². The van der Waals surface area contributed by atoms with Crippen molar-refractivity contribution in [2.24, 2.45) is 5.73 Å². The minimum Gasteiger partial charge on any atom is -0.383 e. The van der Waals surface area contributed by atoms with Crippen LogP contribution < -0.4 is 5.73 Å². The number of fused-ring (bicyclic) bond motifs is 1. The first-order valence-corrected chi connectivity index (χ1v) is 5.33. The van der Waals surface area contributed by atoms with E-state index in [-0.39, 0.29) is 5.91 Å². The monoisotopic (exact) mass is 220 g/mol. The van der Waals surface area contributed by atoms with Gasteiger partial charge in [0.2, 0.25) is 5.91 Å². The van der Waals surface area contributed by atoms with Gasteiger partial charge in [0.15, 0.2) is 0 Å². The smallest absolute Gasteiger partial charge is 0.248 e. The van der Waals surface area contributed by atoms with E-state index < -0.39 is 0 Å². The van der Waals surface area contributed by atoms with Crippen LogP contribution in [-0.4, -0.2) is 31.1 Å². The average Bonchev–Trinajstić information content (AvgIpc) is 2.67. The molecule has 0 atom stereocenters. The van der Waals surface area contributed by atoms with Crippen LogP contribution in [0.3, 0.4) is 0 Å². The Morgan fingerprint density at radius 2 is 2.19 bits per heavy atom. The fraction of sp³-hybridized carbons (Fsp3) is 0.417. The molecule has 1 aromatic carbocycles. The molecule has 1 heterocycles. The van der Waals surface area contributed by atoms with Crippen LogP contribution in [0.15, 0.2) is 18.2 Å². The topological polar surface area (TPSA) is 55.6 Å². The first-order chi connectivity index (χ1) is 7.70. The average molecular weight is 220 g/mol. The number of hydrogen-bond acceptors (Lipinski definition) is 3. The molecule has 1 amide bonds. The Hall–Kier alpha value is -1.39. The van der Waals surface area contributed by atoms with E-state index in [0.29, 0.717) is 5.56 Å². The molecular formula is C12H16N2O2. The fourth-order valence-corrected chi connectivity index (χ4v) is 2.00. The maximum Gasteiger partial charge on any atom is 0.248 e. The fourth-order valence-electron chi connectivity index (χ4n) is 2.00. The molecule has 0 saturated carbocycles. The maximum absolute atomic E-state index is 11.0. The van der Waals surface area contributed by atoms with Crippen molar-refractivity contribution in [2.45, 2.75) is 13.1 Å². The zero-order chi connectivity index (χ0) is 11.5. The zero-order valence-electron chi connectivity index (χ0n) is 9.40. The summed E-state index contributed by atoms with van der Waals surface area (Å²) in [6.45, 7) is 3.45. The van der Waals surface area contributed by atoms with Crippen LogP contribution in [0.25, 0.3) is 0 Å². The van der Waals surface area contributed by atoms with E-state index in [1.807, 2.05) is 12.1 Å². The Kier molecular flexibility index (Phi) is 3.22. The van der Waals surface area contributed by atoms with E-state index in [1.54, 1.807) is 13.2 Å². The summed E-state index contributed by atoms with van der Waals surface area (Å²) < 4.78 is 5.05. The molecule has 4 nitrogen and oxygen atoms in total. The number of nitrogens with two attached hydrogens (primary N) is 1. The summed E-state index contributed by atoms with van der Waals surface area (Å²) >= 11 is 0. The Balaban J connectivity index is 2.09. The van der Waals surface area contributed by atoms with Crippen LogP contribution in [0.4, 0.5) is 0 Å². The van der Waals surface area contributed by atoms with Gasteiger partial charge in [-0.3, -0.25) is 9.69 Å². The van der Waals surface area contributed by atoms with Gasteiger partial charge in [0.1, 0.15) is 0 Å². The highest BCUT2D eigenvalue weighted by molar-refractivity contribution is 5.93. The summed E-state index contributed by atoms with van der Waals surface area (Å²) in [6, 6.07) is 5.67. The second-order valence-corrected chi connectivity index (χ2v) is 4.05. The second kappa shape index (κ2) is 4.63. The second-order valence-electron chi connectivity index (χ2n) is 4.05. The number of rotatable bonds is 4. The molecule has 1 aliphatic heterocycles. The molecule has 1 aliphatic rings. The summed E-state index contributed by atoms with van der Waals surface area (Å²) in [7, 11) is 1.70. The van der Waals surface area contributed by atoms with Crippen LogP contribution in [0.2, 0.25) is 0 Å². The molecule has 0 unspecified atom stereocenters. The molecule has 86 valence electrons. The summed E-state index contributed by atoms with van der Waals surface area (Å²) in [5, 5.41) is 0. The van der Waals surface area contributed by atoms with Gasteiger partial charge < -0.3 is 10.5 Å². The molecule has 0 spiro atoms. The number of nitrogens with zero attached hydrogens (tertiary/aromatic N) is 1. The summed E-state index contributed by atoms with van der Waals surface area (Å²) in [5.41, 5.74) is 8.32. The van der Waals surface area contributed by atoms with Gasteiger partial charge >= 0.3 is 0 Å².